The number of rotatable bonds is 5. The van der Waals surface area contributed by atoms with Crippen LogP contribution in [-0.4, -0.2) is 72.8 Å². The molecule has 0 spiro atoms. The second kappa shape index (κ2) is 8.32. The number of hydrogen-bond donors (Lipinski definition) is 4. The fourth-order valence-corrected chi connectivity index (χ4v) is 2.92. The van der Waals surface area contributed by atoms with Gasteiger partial charge in [0.1, 0.15) is 6.10 Å². The van der Waals surface area contributed by atoms with Gasteiger partial charge in [-0.15, -0.1) is 5.10 Å². The normalized spacial score (nSPS) is 20.2. The summed E-state index contributed by atoms with van der Waals surface area (Å²) in [5, 5.41) is 14.1. The molecule has 0 radical (unpaired) electrons. The van der Waals surface area contributed by atoms with Gasteiger partial charge < -0.3 is 26.2 Å². The standard InChI is InChI=1S/C17H23FN8O3/c1-24(21)23-16(20)25-6-10(14(19)8-25)5-22-15-3-2-11(4-13(15)18)26-7-12(9-27)29-17(26)28/h2-5,12,27H,6-9,19,21H2,1H3,(H2,20,23). The number of halogens is 1. The van der Waals surface area contributed by atoms with E-state index in [2.05, 4.69) is 10.1 Å². The number of anilines is 1. The van der Waals surface area contributed by atoms with E-state index >= 15 is 0 Å². The summed E-state index contributed by atoms with van der Waals surface area (Å²) in [6.07, 6.45) is 0.211. The Balaban J connectivity index is 1.70. The van der Waals surface area contributed by atoms with E-state index in [-0.39, 0.29) is 24.8 Å². The lowest BCUT2D eigenvalue weighted by Crippen LogP contribution is -2.39. The number of hydrazone groups is 1. The monoisotopic (exact) mass is 406 g/mol. The average Bonchev–Trinajstić information content (AvgIpc) is 3.22. The third-order valence-electron chi connectivity index (χ3n) is 4.40. The van der Waals surface area contributed by atoms with Gasteiger partial charge in [0.2, 0.25) is 5.96 Å². The van der Waals surface area contributed by atoms with Crippen LogP contribution in [0, 0.1) is 5.82 Å². The molecule has 2 aliphatic rings. The van der Waals surface area contributed by atoms with Crippen molar-refractivity contribution in [1.82, 2.24) is 10.0 Å². The molecule has 11 nitrogen and oxygen atoms in total. The lowest BCUT2D eigenvalue weighted by molar-refractivity contribution is 0.0963. The van der Waals surface area contributed by atoms with E-state index in [0.717, 1.165) is 5.12 Å². The maximum Gasteiger partial charge on any atom is 0.414 e. The van der Waals surface area contributed by atoms with E-state index in [9.17, 15) is 9.18 Å². The van der Waals surface area contributed by atoms with Gasteiger partial charge in [-0.05, 0) is 18.2 Å². The third-order valence-corrected chi connectivity index (χ3v) is 4.40. The van der Waals surface area contributed by atoms with Gasteiger partial charge >= 0.3 is 6.09 Å². The van der Waals surface area contributed by atoms with Crippen molar-refractivity contribution >= 4 is 29.6 Å². The fraction of sp³-hybridized carbons (Fsp3) is 0.353. The van der Waals surface area contributed by atoms with Crippen LogP contribution in [0.1, 0.15) is 0 Å². The van der Waals surface area contributed by atoms with Crippen LogP contribution < -0.4 is 22.2 Å². The topological polar surface area (TPSA) is 159 Å². The van der Waals surface area contributed by atoms with Gasteiger partial charge in [0.05, 0.1) is 31.1 Å². The number of hydrazine groups is 1. The molecule has 1 aromatic rings. The SMILES string of the molecule is CN(N)/N=C(\N)N1CC(N)=C(C=Nc2ccc(N3CC(CO)OC3=O)cc2F)C1. The molecule has 2 heterocycles. The zero-order valence-electron chi connectivity index (χ0n) is 15.8. The van der Waals surface area contributed by atoms with Gasteiger partial charge in [-0.3, -0.25) is 9.89 Å². The summed E-state index contributed by atoms with van der Waals surface area (Å²) >= 11 is 0. The first-order chi connectivity index (χ1) is 13.8. The molecule has 0 aliphatic carbocycles. The number of ether oxygens (including phenoxy) is 1. The predicted octanol–water partition coefficient (Wildman–Crippen LogP) is -0.591. The second-order valence-corrected chi connectivity index (χ2v) is 6.63. The number of carbonyl (C=O) groups is 1. The second-order valence-electron chi connectivity index (χ2n) is 6.63. The van der Waals surface area contributed by atoms with Gasteiger partial charge in [-0.1, -0.05) is 0 Å². The molecule has 0 saturated carbocycles. The lowest BCUT2D eigenvalue weighted by atomic mass is 10.2. The van der Waals surface area contributed by atoms with Crippen molar-refractivity contribution in [2.75, 3.05) is 38.2 Å². The summed E-state index contributed by atoms with van der Waals surface area (Å²) in [7, 11) is 1.54. The lowest BCUT2D eigenvalue weighted by Gasteiger charge is -2.18. The Labute approximate surface area is 166 Å². The molecule has 1 amide bonds. The molecule has 1 saturated heterocycles. The first kappa shape index (κ1) is 20.4. The Morgan fingerprint density at radius 1 is 1.48 bits per heavy atom. The molecule has 156 valence electrons. The molecular formula is C17H23FN8O3. The van der Waals surface area contributed by atoms with Crippen LogP contribution >= 0.6 is 0 Å². The number of hydrogen-bond acceptors (Lipinski definition) is 8. The number of guanidine groups is 1. The summed E-state index contributed by atoms with van der Waals surface area (Å²) < 4.78 is 19.4. The molecule has 0 aromatic heterocycles. The van der Waals surface area contributed by atoms with E-state index in [4.69, 9.17) is 27.2 Å². The molecular weight excluding hydrogens is 383 g/mol. The van der Waals surface area contributed by atoms with Crippen LogP contribution in [0.2, 0.25) is 0 Å². The fourth-order valence-electron chi connectivity index (χ4n) is 2.92. The number of carbonyl (C=O) groups excluding carboxylic acids is 1. The minimum absolute atomic E-state index is 0.0853. The molecule has 7 N–H and O–H groups in total. The summed E-state index contributed by atoms with van der Waals surface area (Å²) in [5.41, 5.74) is 13.5. The van der Waals surface area contributed by atoms with Gasteiger partial charge in [0, 0.05) is 31.1 Å². The van der Waals surface area contributed by atoms with Crippen molar-refractivity contribution in [2.24, 2.45) is 27.4 Å². The van der Waals surface area contributed by atoms with Crippen LogP contribution in [0.4, 0.5) is 20.6 Å². The van der Waals surface area contributed by atoms with Crippen LogP contribution in [-0.2, 0) is 4.74 Å². The maximum absolute atomic E-state index is 14.5. The largest absolute Gasteiger partial charge is 0.441 e. The average molecular weight is 406 g/mol. The maximum atomic E-state index is 14.5. The van der Waals surface area contributed by atoms with Crippen molar-refractivity contribution in [1.29, 1.82) is 0 Å². The minimum atomic E-state index is -0.633. The summed E-state index contributed by atoms with van der Waals surface area (Å²) in [4.78, 5) is 18.9. The van der Waals surface area contributed by atoms with Gasteiger partial charge in [-0.2, -0.15) is 0 Å². The number of cyclic esters (lactones) is 1. The Hall–Kier alpha value is -3.38. The highest BCUT2D eigenvalue weighted by molar-refractivity contribution is 5.90. The number of nitrogens with two attached hydrogens (primary N) is 3. The first-order valence-electron chi connectivity index (χ1n) is 8.76. The van der Waals surface area contributed by atoms with Crippen LogP contribution in [0.15, 0.2) is 39.6 Å². The first-order valence-corrected chi connectivity index (χ1v) is 8.76. The minimum Gasteiger partial charge on any atom is -0.441 e. The molecule has 1 atom stereocenters. The van der Waals surface area contributed by atoms with E-state index < -0.39 is 18.0 Å². The van der Waals surface area contributed by atoms with Gasteiger partial charge in [0.15, 0.2) is 5.82 Å². The summed E-state index contributed by atoms with van der Waals surface area (Å²) in [6, 6.07) is 4.19. The Bertz CT molecular complexity index is 885. The zero-order valence-corrected chi connectivity index (χ0v) is 15.8. The quantitative estimate of drug-likeness (QED) is 0.218. The van der Waals surface area contributed by atoms with Crippen LogP contribution in [0.25, 0.3) is 0 Å². The summed E-state index contributed by atoms with van der Waals surface area (Å²) in [5.74, 6) is 5.04. The van der Waals surface area contributed by atoms with E-state index in [1.165, 1.54) is 23.2 Å². The van der Waals surface area contributed by atoms with Crippen LogP contribution in [0.5, 0.6) is 0 Å². The highest BCUT2D eigenvalue weighted by Gasteiger charge is 2.32. The van der Waals surface area contributed by atoms with E-state index in [1.54, 1.807) is 18.0 Å². The summed E-state index contributed by atoms with van der Waals surface area (Å²) in [6.45, 7) is 0.574. The number of aliphatic hydroxyl groups is 1. The van der Waals surface area contributed by atoms with E-state index in [1.807, 2.05) is 0 Å². The Morgan fingerprint density at radius 3 is 2.86 bits per heavy atom. The highest BCUT2D eigenvalue weighted by Crippen LogP contribution is 2.27. The third kappa shape index (κ3) is 4.55. The molecule has 1 fully saturated rings. The molecule has 0 bridgehead atoms. The molecule has 2 aliphatic heterocycles. The van der Waals surface area contributed by atoms with Crippen molar-refractivity contribution in [3.8, 4) is 0 Å². The Morgan fingerprint density at radius 2 is 2.24 bits per heavy atom. The van der Waals surface area contributed by atoms with Gasteiger partial charge in [-0.25, -0.2) is 20.1 Å². The zero-order chi connectivity index (χ0) is 21.1. The number of aliphatic hydroxyl groups excluding tert-OH is 1. The molecule has 1 unspecified atom stereocenters. The van der Waals surface area contributed by atoms with Crippen molar-refractivity contribution in [3.63, 3.8) is 0 Å². The van der Waals surface area contributed by atoms with Gasteiger partial charge in [0.25, 0.3) is 0 Å². The predicted molar refractivity (Wildman–Crippen MR) is 106 cm³/mol. The smallest absolute Gasteiger partial charge is 0.414 e. The molecule has 29 heavy (non-hydrogen) atoms. The highest BCUT2D eigenvalue weighted by atomic mass is 19.1. The number of amides is 1. The number of aliphatic imine (C=N–C) groups is 1. The molecule has 3 rings (SSSR count). The van der Waals surface area contributed by atoms with E-state index in [0.29, 0.717) is 30.0 Å². The molecule has 1 aromatic carbocycles. The number of benzene rings is 1. The van der Waals surface area contributed by atoms with Crippen molar-refractivity contribution < 1.29 is 19.0 Å². The molecule has 12 heteroatoms. The van der Waals surface area contributed by atoms with Crippen molar-refractivity contribution in [3.05, 3.63) is 35.3 Å². The number of nitrogens with zero attached hydrogens (tertiary/aromatic N) is 5. The Kier molecular flexibility index (Phi) is 5.84. The van der Waals surface area contributed by atoms with Crippen LogP contribution in [0.3, 0.4) is 0 Å². The van der Waals surface area contributed by atoms with Crippen molar-refractivity contribution in [2.45, 2.75) is 6.10 Å².